The molecule has 1 aliphatic rings. The van der Waals surface area contributed by atoms with E-state index < -0.39 is 0 Å². The summed E-state index contributed by atoms with van der Waals surface area (Å²) in [6, 6.07) is 0. The van der Waals surface area contributed by atoms with E-state index in [-0.39, 0.29) is 0 Å². The molecule has 1 fully saturated rings. The number of hydroxylamine groups is 1. The van der Waals surface area contributed by atoms with E-state index in [4.69, 9.17) is 4.84 Å². The van der Waals surface area contributed by atoms with Crippen LogP contribution >= 0.6 is 0 Å². The van der Waals surface area contributed by atoms with Crippen molar-refractivity contribution in [1.29, 1.82) is 0 Å². The van der Waals surface area contributed by atoms with Crippen LogP contribution in [0.25, 0.3) is 0 Å². The third kappa shape index (κ3) is 3.88. The van der Waals surface area contributed by atoms with Gasteiger partial charge in [0, 0.05) is 7.05 Å². The maximum absolute atomic E-state index is 4.99. The first-order chi connectivity index (χ1) is 5.93. The van der Waals surface area contributed by atoms with Crippen molar-refractivity contribution in [3.63, 3.8) is 0 Å². The summed E-state index contributed by atoms with van der Waals surface area (Å²) in [4.78, 5) is 4.99. The van der Waals surface area contributed by atoms with Crippen molar-refractivity contribution < 1.29 is 4.84 Å². The van der Waals surface area contributed by atoms with Gasteiger partial charge in [0.05, 0.1) is 6.61 Å². The second-order valence-corrected chi connectivity index (χ2v) is 3.34. The fourth-order valence-electron chi connectivity index (χ4n) is 1.71. The van der Waals surface area contributed by atoms with Crippen LogP contribution in [0.15, 0.2) is 12.2 Å². The Hall–Kier alpha value is -0.340. The van der Waals surface area contributed by atoms with Gasteiger partial charge in [-0.2, -0.15) is 0 Å². The monoisotopic (exact) mass is 169 g/mol. The lowest BCUT2D eigenvalue weighted by Gasteiger charge is -2.17. The van der Waals surface area contributed by atoms with Crippen molar-refractivity contribution in [2.75, 3.05) is 13.7 Å². The molecule has 0 amide bonds. The van der Waals surface area contributed by atoms with Gasteiger partial charge in [0.15, 0.2) is 0 Å². The highest BCUT2D eigenvalue weighted by Gasteiger charge is 2.08. The van der Waals surface area contributed by atoms with Crippen molar-refractivity contribution in [2.24, 2.45) is 5.92 Å². The van der Waals surface area contributed by atoms with E-state index in [0.29, 0.717) is 6.61 Å². The molecule has 12 heavy (non-hydrogen) atoms. The van der Waals surface area contributed by atoms with E-state index in [9.17, 15) is 0 Å². The lowest BCUT2D eigenvalue weighted by molar-refractivity contribution is 0.0808. The van der Waals surface area contributed by atoms with Gasteiger partial charge in [-0.3, -0.25) is 4.84 Å². The number of nitrogens with one attached hydrogen (secondary N) is 1. The highest BCUT2D eigenvalue weighted by atomic mass is 16.6. The van der Waals surface area contributed by atoms with Gasteiger partial charge >= 0.3 is 0 Å². The number of rotatable bonds is 4. The van der Waals surface area contributed by atoms with Crippen LogP contribution in [0.4, 0.5) is 0 Å². The van der Waals surface area contributed by atoms with Gasteiger partial charge < -0.3 is 0 Å². The van der Waals surface area contributed by atoms with E-state index in [1.807, 2.05) is 0 Å². The maximum atomic E-state index is 4.99. The van der Waals surface area contributed by atoms with Crippen LogP contribution in [-0.2, 0) is 4.84 Å². The van der Waals surface area contributed by atoms with Gasteiger partial charge in [0.1, 0.15) is 0 Å². The molecule has 2 nitrogen and oxygen atoms in total. The van der Waals surface area contributed by atoms with Gasteiger partial charge in [-0.1, -0.05) is 31.4 Å². The minimum absolute atomic E-state index is 0.687. The van der Waals surface area contributed by atoms with Crippen LogP contribution in [-0.4, -0.2) is 13.7 Å². The van der Waals surface area contributed by atoms with Crippen LogP contribution < -0.4 is 5.48 Å². The molecular weight excluding hydrogens is 150 g/mol. The van der Waals surface area contributed by atoms with Crippen LogP contribution in [0.5, 0.6) is 0 Å². The molecule has 0 aromatic heterocycles. The molecule has 0 bridgehead atoms. The molecule has 0 saturated heterocycles. The van der Waals surface area contributed by atoms with Crippen LogP contribution in [0.1, 0.15) is 32.1 Å². The number of hydrogen-bond acceptors (Lipinski definition) is 2. The molecule has 1 N–H and O–H groups in total. The van der Waals surface area contributed by atoms with E-state index in [2.05, 4.69) is 17.6 Å². The van der Waals surface area contributed by atoms with Crippen molar-refractivity contribution in [2.45, 2.75) is 32.1 Å². The fraction of sp³-hybridized carbons (Fsp3) is 0.800. The molecule has 0 atom stereocenters. The Labute approximate surface area is 74.9 Å². The van der Waals surface area contributed by atoms with E-state index in [1.54, 1.807) is 7.05 Å². The molecule has 0 radical (unpaired) electrons. The van der Waals surface area contributed by atoms with Crippen molar-refractivity contribution in [1.82, 2.24) is 5.48 Å². The number of hydrogen-bond donors (Lipinski definition) is 1. The zero-order chi connectivity index (χ0) is 8.65. The highest BCUT2D eigenvalue weighted by Crippen LogP contribution is 2.24. The summed E-state index contributed by atoms with van der Waals surface area (Å²) in [5.74, 6) is 0.819. The first-order valence-electron chi connectivity index (χ1n) is 4.88. The third-order valence-corrected chi connectivity index (χ3v) is 2.38. The summed E-state index contributed by atoms with van der Waals surface area (Å²) in [5.41, 5.74) is 2.65. The molecule has 0 heterocycles. The second kappa shape index (κ2) is 6.21. The average Bonchev–Trinajstić information content (AvgIpc) is 2.14. The summed E-state index contributed by atoms with van der Waals surface area (Å²) >= 11 is 0. The molecule has 1 saturated carbocycles. The van der Waals surface area contributed by atoms with Gasteiger partial charge in [0.25, 0.3) is 0 Å². The van der Waals surface area contributed by atoms with Crippen molar-refractivity contribution in [3.05, 3.63) is 12.2 Å². The van der Waals surface area contributed by atoms with Gasteiger partial charge in [-0.05, 0) is 18.8 Å². The van der Waals surface area contributed by atoms with Gasteiger partial charge in [-0.25, -0.2) is 5.48 Å². The topological polar surface area (TPSA) is 21.3 Å². The summed E-state index contributed by atoms with van der Waals surface area (Å²) in [6.07, 6.45) is 11.4. The largest absolute Gasteiger partial charge is 0.298 e. The van der Waals surface area contributed by atoms with E-state index in [1.165, 1.54) is 32.1 Å². The Morgan fingerprint density at radius 1 is 1.33 bits per heavy atom. The Bertz CT molecular complexity index is 128. The lowest BCUT2D eigenvalue weighted by atomic mass is 9.89. The Kier molecular flexibility index (Phi) is 5.04. The predicted octanol–water partition coefficient (Wildman–Crippen LogP) is 2.27. The smallest absolute Gasteiger partial charge is 0.0863 e. The molecule has 1 aliphatic carbocycles. The Balaban J connectivity index is 2.07. The van der Waals surface area contributed by atoms with Crippen LogP contribution in [0.2, 0.25) is 0 Å². The quantitative estimate of drug-likeness (QED) is 0.396. The van der Waals surface area contributed by atoms with Crippen LogP contribution in [0.3, 0.4) is 0 Å². The maximum Gasteiger partial charge on any atom is 0.0863 e. The molecule has 0 unspecified atom stereocenters. The first kappa shape index (κ1) is 9.75. The van der Waals surface area contributed by atoms with Crippen molar-refractivity contribution in [3.8, 4) is 0 Å². The van der Waals surface area contributed by atoms with Gasteiger partial charge in [-0.15, -0.1) is 0 Å². The SMILES string of the molecule is CNOC/C=C/C1CCCCC1. The normalized spacial score (nSPS) is 20.4. The number of allylic oxidation sites excluding steroid dienone is 1. The highest BCUT2D eigenvalue weighted by molar-refractivity contribution is 4.89. The zero-order valence-electron chi connectivity index (χ0n) is 7.88. The standard InChI is InChI=1S/C10H19NO/c1-11-12-9-5-8-10-6-3-2-4-7-10/h5,8,10-11H,2-4,6-7,9H2,1H3/b8-5+. The molecular formula is C10H19NO. The minimum atomic E-state index is 0.687. The zero-order valence-corrected chi connectivity index (χ0v) is 7.88. The molecule has 0 aromatic carbocycles. The lowest BCUT2D eigenvalue weighted by Crippen LogP contribution is -2.07. The second-order valence-electron chi connectivity index (χ2n) is 3.34. The molecule has 1 rings (SSSR count). The molecule has 70 valence electrons. The average molecular weight is 169 g/mol. The summed E-state index contributed by atoms with van der Waals surface area (Å²) in [7, 11) is 1.79. The minimum Gasteiger partial charge on any atom is -0.298 e. The molecule has 0 aliphatic heterocycles. The van der Waals surface area contributed by atoms with E-state index in [0.717, 1.165) is 5.92 Å². The van der Waals surface area contributed by atoms with Crippen LogP contribution in [0, 0.1) is 5.92 Å². The predicted molar refractivity (Wildman–Crippen MR) is 50.7 cm³/mol. The molecule has 2 heteroatoms. The summed E-state index contributed by atoms with van der Waals surface area (Å²) in [5, 5.41) is 0. The summed E-state index contributed by atoms with van der Waals surface area (Å²) in [6.45, 7) is 0.687. The fourth-order valence-corrected chi connectivity index (χ4v) is 1.71. The molecule has 0 spiro atoms. The Morgan fingerprint density at radius 2 is 2.08 bits per heavy atom. The van der Waals surface area contributed by atoms with Crippen molar-refractivity contribution >= 4 is 0 Å². The van der Waals surface area contributed by atoms with Gasteiger partial charge in [0.2, 0.25) is 0 Å². The summed E-state index contributed by atoms with van der Waals surface area (Å²) < 4.78 is 0. The first-order valence-corrected chi connectivity index (χ1v) is 4.88. The molecule has 0 aromatic rings. The Morgan fingerprint density at radius 3 is 2.75 bits per heavy atom. The van der Waals surface area contributed by atoms with E-state index >= 15 is 0 Å². The third-order valence-electron chi connectivity index (χ3n) is 2.38.